The lowest BCUT2D eigenvalue weighted by atomic mass is 9.82. The largest absolute Gasteiger partial charge is 0.416 e. The van der Waals surface area contributed by atoms with Gasteiger partial charge in [0.2, 0.25) is 11.8 Å². The topological polar surface area (TPSA) is 63.1 Å². The summed E-state index contributed by atoms with van der Waals surface area (Å²) in [5.74, 6) is -1.85. The van der Waals surface area contributed by atoms with Crippen LogP contribution in [0.4, 0.5) is 22.0 Å². The summed E-state index contributed by atoms with van der Waals surface area (Å²) in [7, 11) is 0. The number of hydrogen-bond donors (Lipinski definition) is 1. The predicted octanol–water partition coefficient (Wildman–Crippen LogP) is 4.05. The highest BCUT2D eigenvalue weighted by Crippen LogP contribution is 2.38. The number of rotatable bonds is 2. The Morgan fingerprint density at radius 3 is 2.26 bits per heavy atom. The van der Waals surface area contributed by atoms with E-state index in [-0.39, 0.29) is 37.2 Å². The molecule has 1 aromatic carbocycles. The lowest BCUT2D eigenvalue weighted by Gasteiger charge is -2.45. The fourth-order valence-corrected chi connectivity index (χ4v) is 5.39. The van der Waals surface area contributed by atoms with Crippen LogP contribution in [0.1, 0.15) is 49.9 Å². The van der Waals surface area contributed by atoms with Crippen molar-refractivity contribution in [2.24, 2.45) is 0 Å². The number of aromatic nitrogens is 3. The van der Waals surface area contributed by atoms with E-state index in [2.05, 4.69) is 20.3 Å². The fraction of sp³-hybridized carbons (Fsp3) is 0.609. The number of fused-ring (bicyclic) bond motifs is 1. The molecule has 5 rings (SSSR count). The van der Waals surface area contributed by atoms with Gasteiger partial charge in [-0.05, 0) is 37.8 Å². The van der Waals surface area contributed by atoms with Gasteiger partial charge >= 0.3 is 6.18 Å². The minimum absolute atomic E-state index is 0.00780. The zero-order chi connectivity index (χ0) is 24.1. The molecule has 1 saturated heterocycles. The van der Waals surface area contributed by atoms with Crippen molar-refractivity contribution in [3.8, 4) is 11.4 Å². The number of nitrogens with zero attached hydrogens (tertiary/aromatic N) is 4. The summed E-state index contributed by atoms with van der Waals surface area (Å²) in [6.45, 7) is 1.40. The molecule has 0 unspecified atom stereocenters. The summed E-state index contributed by atoms with van der Waals surface area (Å²) in [5.41, 5.74) is -0.791. The molecule has 2 aromatic rings. The van der Waals surface area contributed by atoms with Crippen molar-refractivity contribution in [3.05, 3.63) is 35.7 Å². The molecule has 34 heavy (non-hydrogen) atoms. The third kappa shape index (κ3) is 4.67. The van der Waals surface area contributed by atoms with Gasteiger partial charge in [0.05, 0.1) is 5.56 Å². The van der Waals surface area contributed by atoms with Gasteiger partial charge in [-0.3, -0.25) is 4.79 Å². The summed E-state index contributed by atoms with van der Waals surface area (Å²) in [6, 6.07) is 4.80. The van der Waals surface area contributed by atoms with Gasteiger partial charge in [0, 0.05) is 49.5 Å². The minimum atomic E-state index is -4.42. The molecule has 1 N–H and O–H groups in total. The molecule has 3 heterocycles. The predicted molar refractivity (Wildman–Crippen MR) is 113 cm³/mol. The molecule has 0 bridgehead atoms. The van der Waals surface area contributed by atoms with Crippen LogP contribution in [-0.4, -0.2) is 56.2 Å². The maximum atomic E-state index is 13.5. The summed E-state index contributed by atoms with van der Waals surface area (Å²) in [4.78, 5) is 19.5. The number of nitrogens with one attached hydrogen (secondary N) is 1. The zero-order valence-corrected chi connectivity index (χ0v) is 18.5. The normalized spacial score (nSPS) is 23.4. The van der Waals surface area contributed by atoms with Crippen molar-refractivity contribution in [2.45, 2.75) is 75.2 Å². The lowest BCUT2D eigenvalue weighted by molar-refractivity contribution is -0.137. The Bertz CT molecular complexity index is 1050. The van der Waals surface area contributed by atoms with Crippen LogP contribution in [0.15, 0.2) is 24.3 Å². The van der Waals surface area contributed by atoms with Crippen molar-refractivity contribution in [3.63, 3.8) is 0 Å². The van der Waals surface area contributed by atoms with Gasteiger partial charge in [0.1, 0.15) is 12.4 Å². The lowest BCUT2D eigenvalue weighted by Crippen LogP contribution is -2.58. The number of hydrogen-bond acceptors (Lipinski definition) is 4. The number of likely N-dealkylation sites (tertiary alicyclic amines) is 1. The number of halogens is 5. The first kappa shape index (κ1) is 23.2. The van der Waals surface area contributed by atoms with E-state index in [4.69, 9.17) is 0 Å². The number of piperidine rings is 1. The molecule has 1 saturated carbocycles. The first-order chi connectivity index (χ1) is 16.0. The second-order valence-corrected chi connectivity index (χ2v) is 9.71. The Morgan fingerprint density at radius 1 is 1.00 bits per heavy atom. The van der Waals surface area contributed by atoms with E-state index >= 15 is 0 Å². The van der Waals surface area contributed by atoms with Crippen molar-refractivity contribution < 1.29 is 26.7 Å². The summed E-state index contributed by atoms with van der Waals surface area (Å²) < 4.78 is 67.2. The van der Waals surface area contributed by atoms with Crippen LogP contribution < -0.4 is 5.32 Å². The number of carbonyl (C=O) groups excluding carboxylic acids is 1. The van der Waals surface area contributed by atoms with E-state index in [1.807, 2.05) is 0 Å². The van der Waals surface area contributed by atoms with Gasteiger partial charge in [-0.25, -0.2) is 18.4 Å². The van der Waals surface area contributed by atoms with Crippen LogP contribution in [0, 0.1) is 0 Å². The van der Waals surface area contributed by atoms with Gasteiger partial charge < -0.3 is 10.2 Å². The molecule has 184 valence electrons. The van der Waals surface area contributed by atoms with Crippen LogP contribution in [0.2, 0.25) is 0 Å². The molecule has 1 spiro atoms. The Labute approximate surface area is 193 Å². The van der Waals surface area contributed by atoms with Crippen LogP contribution >= 0.6 is 0 Å². The van der Waals surface area contributed by atoms with Crippen molar-refractivity contribution in [1.29, 1.82) is 0 Å². The van der Waals surface area contributed by atoms with E-state index < -0.39 is 23.2 Å². The molecule has 1 aromatic heterocycles. The molecule has 2 aliphatic heterocycles. The first-order valence-corrected chi connectivity index (χ1v) is 11.6. The smallest absolute Gasteiger partial charge is 0.349 e. The fourth-order valence-electron chi connectivity index (χ4n) is 5.39. The zero-order valence-electron chi connectivity index (χ0n) is 18.5. The molecule has 1 amide bonds. The van der Waals surface area contributed by atoms with Crippen molar-refractivity contribution >= 4 is 5.91 Å². The molecule has 1 aliphatic carbocycles. The van der Waals surface area contributed by atoms with Gasteiger partial charge in [-0.1, -0.05) is 12.1 Å². The van der Waals surface area contributed by atoms with Crippen molar-refractivity contribution in [2.75, 3.05) is 13.1 Å². The maximum Gasteiger partial charge on any atom is 0.416 e. The van der Waals surface area contributed by atoms with E-state index in [1.165, 1.54) is 16.8 Å². The molecule has 2 fully saturated rings. The average molecular weight is 483 g/mol. The summed E-state index contributed by atoms with van der Waals surface area (Å²) >= 11 is 0. The second kappa shape index (κ2) is 8.28. The van der Waals surface area contributed by atoms with Crippen LogP contribution in [0.3, 0.4) is 0 Å². The number of carbonyl (C=O) groups is 1. The molecule has 3 aliphatic rings. The molecule has 6 nitrogen and oxygen atoms in total. The third-order valence-corrected chi connectivity index (χ3v) is 7.37. The van der Waals surface area contributed by atoms with Gasteiger partial charge in [-0.15, -0.1) is 0 Å². The first-order valence-electron chi connectivity index (χ1n) is 11.6. The Kier molecular flexibility index (Phi) is 5.65. The van der Waals surface area contributed by atoms with Gasteiger partial charge in [-0.2, -0.15) is 18.3 Å². The summed E-state index contributed by atoms with van der Waals surface area (Å²) in [5, 5.41) is 7.52. The van der Waals surface area contributed by atoms with Gasteiger partial charge in [0.25, 0.3) is 0 Å². The molecular weight excluding hydrogens is 457 g/mol. The SMILES string of the molecule is O=C1Cn2nc(-c3ccc(C(F)(F)F)cc3)nc2CC2(CCN(C3CCC(F)(F)CC3)CC2)N1. The molecular formula is C23H26F5N5O. The molecule has 0 radical (unpaired) electrons. The number of amides is 1. The van der Waals surface area contributed by atoms with Crippen LogP contribution in [-0.2, 0) is 23.9 Å². The minimum Gasteiger partial charge on any atom is -0.349 e. The summed E-state index contributed by atoms with van der Waals surface area (Å²) in [6.07, 6.45) is -1.80. The molecule has 11 heteroatoms. The number of benzene rings is 1. The van der Waals surface area contributed by atoms with E-state index in [9.17, 15) is 26.7 Å². The van der Waals surface area contributed by atoms with E-state index in [0.29, 0.717) is 56.6 Å². The highest BCUT2D eigenvalue weighted by Gasteiger charge is 2.43. The van der Waals surface area contributed by atoms with Crippen LogP contribution in [0.25, 0.3) is 11.4 Å². The standard InChI is InChI=1S/C23H26F5N5O/c24-22(25)7-5-17(6-8-22)32-11-9-21(10-12-32)13-18-29-20(31-33(18)14-19(34)30-21)15-1-3-16(4-2-15)23(26,27)28/h1-4,17H,5-14H2,(H,30,34). The number of alkyl halides is 5. The highest BCUT2D eigenvalue weighted by atomic mass is 19.4. The molecule has 0 atom stereocenters. The second-order valence-electron chi connectivity index (χ2n) is 9.71. The monoisotopic (exact) mass is 483 g/mol. The van der Waals surface area contributed by atoms with E-state index in [0.717, 1.165) is 12.1 Å². The highest BCUT2D eigenvalue weighted by molar-refractivity contribution is 5.77. The Morgan fingerprint density at radius 2 is 1.65 bits per heavy atom. The van der Waals surface area contributed by atoms with E-state index in [1.54, 1.807) is 0 Å². The maximum absolute atomic E-state index is 13.5. The Hall–Kier alpha value is -2.56. The van der Waals surface area contributed by atoms with Crippen molar-refractivity contribution in [1.82, 2.24) is 25.0 Å². The van der Waals surface area contributed by atoms with Gasteiger partial charge in [0.15, 0.2) is 5.82 Å². The quantitative estimate of drug-likeness (QED) is 0.655. The Balaban J connectivity index is 1.30. The average Bonchev–Trinajstić information content (AvgIpc) is 3.10. The third-order valence-electron chi connectivity index (χ3n) is 7.37. The van der Waals surface area contributed by atoms with Crippen LogP contribution in [0.5, 0.6) is 0 Å².